The Bertz CT molecular complexity index is 211. The highest BCUT2D eigenvalue weighted by Gasteiger charge is 2.17. The van der Waals surface area contributed by atoms with Crippen LogP contribution in [0.4, 0.5) is 0 Å². The van der Waals surface area contributed by atoms with Crippen LogP contribution in [0, 0.1) is 0 Å². The summed E-state index contributed by atoms with van der Waals surface area (Å²) < 4.78 is 10.8. The molecule has 0 aromatic rings. The molecule has 0 spiro atoms. The second-order valence-electron chi connectivity index (χ2n) is 3.90. The maximum Gasteiger partial charge on any atom is 0.242 e. The van der Waals surface area contributed by atoms with E-state index in [2.05, 4.69) is 19.6 Å². The van der Waals surface area contributed by atoms with E-state index in [1.165, 1.54) is 0 Å². The molecule has 0 aliphatic carbocycles. The molecule has 0 radical (unpaired) electrons. The molecule has 0 amide bonds. The van der Waals surface area contributed by atoms with E-state index >= 15 is 0 Å². The van der Waals surface area contributed by atoms with Crippen LogP contribution in [0.15, 0.2) is 23.7 Å². The summed E-state index contributed by atoms with van der Waals surface area (Å²) in [5, 5.41) is 0. The van der Waals surface area contributed by atoms with E-state index in [4.69, 9.17) is 9.16 Å². The maximum atomic E-state index is 5.85. The van der Waals surface area contributed by atoms with Crippen LogP contribution in [-0.4, -0.2) is 15.4 Å². The van der Waals surface area contributed by atoms with Crippen molar-refractivity contribution in [1.82, 2.24) is 0 Å². The first-order chi connectivity index (χ1) is 5.90. The molecule has 0 rings (SSSR count). The Hall–Kier alpha value is -0.703. The monoisotopic (exact) mass is 200 g/mol. The highest BCUT2D eigenvalue weighted by atomic mass is 28.4. The van der Waals surface area contributed by atoms with E-state index in [1.807, 2.05) is 19.9 Å². The van der Waals surface area contributed by atoms with Gasteiger partial charge in [-0.15, -0.1) is 0 Å². The van der Waals surface area contributed by atoms with Gasteiger partial charge in [0.05, 0.1) is 13.4 Å². The molecule has 2 nitrogen and oxygen atoms in total. The van der Waals surface area contributed by atoms with Crippen LogP contribution in [0.1, 0.15) is 13.8 Å². The first-order valence-corrected chi connectivity index (χ1v) is 7.87. The lowest BCUT2D eigenvalue weighted by atomic mass is 10.3. The third-order valence-electron chi connectivity index (χ3n) is 1.36. The van der Waals surface area contributed by atoms with Crippen molar-refractivity contribution >= 4 is 8.32 Å². The van der Waals surface area contributed by atoms with Gasteiger partial charge in [-0.1, -0.05) is 0 Å². The minimum Gasteiger partial charge on any atom is -0.544 e. The van der Waals surface area contributed by atoms with Crippen LogP contribution >= 0.6 is 0 Å². The van der Waals surface area contributed by atoms with E-state index in [1.54, 1.807) is 13.4 Å². The Morgan fingerprint density at radius 2 is 1.77 bits per heavy atom. The van der Waals surface area contributed by atoms with Crippen molar-refractivity contribution in [3.63, 3.8) is 0 Å². The van der Waals surface area contributed by atoms with Gasteiger partial charge in [0.25, 0.3) is 0 Å². The molecule has 0 saturated carbocycles. The maximum absolute atomic E-state index is 5.85. The fourth-order valence-electron chi connectivity index (χ4n) is 0.932. The topological polar surface area (TPSA) is 18.5 Å². The van der Waals surface area contributed by atoms with Gasteiger partial charge in [0, 0.05) is 5.57 Å². The third-order valence-corrected chi connectivity index (χ3v) is 2.19. The summed E-state index contributed by atoms with van der Waals surface area (Å²) in [6, 6.07) is 0. The number of hydrogen-bond acceptors (Lipinski definition) is 2. The van der Waals surface area contributed by atoms with Crippen LogP contribution in [0.2, 0.25) is 19.6 Å². The summed E-state index contributed by atoms with van der Waals surface area (Å²) in [6.45, 7) is 10.4. The van der Waals surface area contributed by atoms with Gasteiger partial charge in [0.15, 0.2) is 0 Å². The molecule has 0 heterocycles. The lowest BCUT2D eigenvalue weighted by molar-refractivity contribution is 0.329. The minimum atomic E-state index is -1.50. The number of allylic oxidation sites excluding steroid dienone is 2. The normalized spacial score (nSPS) is 14.3. The van der Waals surface area contributed by atoms with Gasteiger partial charge in [0.2, 0.25) is 8.32 Å². The Labute approximate surface area is 82.4 Å². The SMILES string of the molecule is C/C=C(O[Si](C)(C)C)\C(C)=C\OC. The summed E-state index contributed by atoms with van der Waals surface area (Å²) in [4.78, 5) is 0. The fraction of sp³-hybridized carbons (Fsp3) is 0.600. The molecule has 76 valence electrons. The van der Waals surface area contributed by atoms with E-state index in [-0.39, 0.29) is 0 Å². The predicted octanol–water partition coefficient (Wildman–Crippen LogP) is 3.29. The molecule has 0 aromatic carbocycles. The van der Waals surface area contributed by atoms with Gasteiger partial charge in [-0.25, -0.2) is 0 Å². The van der Waals surface area contributed by atoms with Crippen molar-refractivity contribution in [3.05, 3.63) is 23.7 Å². The first kappa shape index (κ1) is 12.3. The van der Waals surface area contributed by atoms with Crippen molar-refractivity contribution in [3.8, 4) is 0 Å². The molecule has 0 atom stereocenters. The van der Waals surface area contributed by atoms with Gasteiger partial charge in [-0.2, -0.15) is 0 Å². The van der Waals surface area contributed by atoms with E-state index in [0.29, 0.717) is 0 Å². The van der Waals surface area contributed by atoms with E-state index < -0.39 is 8.32 Å². The number of methoxy groups -OCH3 is 1. The number of rotatable bonds is 4. The first-order valence-electron chi connectivity index (χ1n) is 4.46. The highest BCUT2D eigenvalue weighted by Crippen LogP contribution is 2.17. The van der Waals surface area contributed by atoms with Crippen molar-refractivity contribution in [1.29, 1.82) is 0 Å². The van der Waals surface area contributed by atoms with Gasteiger partial charge in [-0.3, -0.25) is 0 Å². The lowest BCUT2D eigenvalue weighted by Gasteiger charge is -2.21. The number of ether oxygens (including phenoxy) is 1. The van der Waals surface area contributed by atoms with Crippen molar-refractivity contribution < 1.29 is 9.16 Å². The summed E-state index contributed by atoms with van der Waals surface area (Å²) in [7, 11) is 0.146. The van der Waals surface area contributed by atoms with Gasteiger partial charge < -0.3 is 9.16 Å². The molecule has 0 fully saturated rings. The molecular weight excluding hydrogens is 180 g/mol. The molecule has 0 aliphatic rings. The molecule has 0 unspecified atom stereocenters. The smallest absolute Gasteiger partial charge is 0.242 e. The van der Waals surface area contributed by atoms with Gasteiger partial charge in [-0.05, 0) is 39.6 Å². The molecule has 0 aromatic heterocycles. The standard InChI is InChI=1S/C10H20O2Si/c1-7-10(9(2)8-11-3)12-13(4,5)6/h7-8H,1-6H3/b9-8+,10-7+. The Balaban J connectivity index is 4.47. The summed E-state index contributed by atoms with van der Waals surface area (Å²) >= 11 is 0. The molecule has 0 bridgehead atoms. The summed E-state index contributed by atoms with van der Waals surface area (Å²) in [5.41, 5.74) is 1.03. The second-order valence-corrected chi connectivity index (χ2v) is 8.33. The molecule has 0 N–H and O–H groups in total. The summed E-state index contributed by atoms with van der Waals surface area (Å²) in [5.74, 6) is 0.931. The fourth-order valence-corrected chi connectivity index (χ4v) is 1.87. The zero-order valence-electron chi connectivity index (χ0n) is 9.47. The number of hydrogen-bond donors (Lipinski definition) is 0. The van der Waals surface area contributed by atoms with Gasteiger partial charge in [0.1, 0.15) is 5.76 Å². The lowest BCUT2D eigenvalue weighted by Crippen LogP contribution is -2.25. The van der Waals surface area contributed by atoms with Crippen LogP contribution in [0.3, 0.4) is 0 Å². The Morgan fingerprint density at radius 3 is 2.08 bits per heavy atom. The molecule has 13 heavy (non-hydrogen) atoms. The third kappa shape index (κ3) is 5.52. The average molecular weight is 200 g/mol. The molecule has 0 saturated heterocycles. The van der Waals surface area contributed by atoms with Crippen molar-refractivity contribution in [2.75, 3.05) is 7.11 Å². The minimum absolute atomic E-state index is 0.931. The predicted molar refractivity (Wildman–Crippen MR) is 59.0 cm³/mol. The zero-order chi connectivity index (χ0) is 10.5. The largest absolute Gasteiger partial charge is 0.544 e. The second kappa shape index (κ2) is 5.12. The molecule has 3 heteroatoms. The van der Waals surface area contributed by atoms with Crippen LogP contribution in [0.25, 0.3) is 0 Å². The summed E-state index contributed by atoms with van der Waals surface area (Å²) in [6.07, 6.45) is 3.68. The van der Waals surface area contributed by atoms with E-state index in [0.717, 1.165) is 11.3 Å². The quantitative estimate of drug-likeness (QED) is 0.394. The molecule has 0 aliphatic heterocycles. The highest BCUT2D eigenvalue weighted by molar-refractivity contribution is 6.70. The Kier molecular flexibility index (Phi) is 4.84. The van der Waals surface area contributed by atoms with Crippen LogP contribution in [0.5, 0.6) is 0 Å². The molecular formula is C10H20O2Si. The van der Waals surface area contributed by atoms with Gasteiger partial charge >= 0.3 is 0 Å². The average Bonchev–Trinajstić information content (AvgIpc) is 1.99. The Morgan fingerprint density at radius 1 is 1.23 bits per heavy atom. The zero-order valence-corrected chi connectivity index (χ0v) is 10.5. The van der Waals surface area contributed by atoms with E-state index in [9.17, 15) is 0 Å². The van der Waals surface area contributed by atoms with Crippen LogP contribution < -0.4 is 0 Å². The van der Waals surface area contributed by atoms with Crippen molar-refractivity contribution in [2.24, 2.45) is 0 Å². The van der Waals surface area contributed by atoms with Crippen LogP contribution in [-0.2, 0) is 9.16 Å². The van der Waals surface area contributed by atoms with Crippen molar-refractivity contribution in [2.45, 2.75) is 33.5 Å².